The van der Waals surface area contributed by atoms with Gasteiger partial charge in [0.1, 0.15) is 5.75 Å². The third-order valence-electron chi connectivity index (χ3n) is 4.54. The summed E-state index contributed by atoms with van der Waals surface area (Å²) in [6, 6.07) is 13.1. The number of fused-ring (bicyclic) bond motifs is 1. The van der Waals surface area contributed by atoms with Gasteiger partial charge in [0.15, 0.2) is 0 Å². The zero-order valence-corrected chi connectivity index (χ0v) is 16.0. The van der Waals surface area contributed by atoms with Gasteiger partial charge in [-0.25, -0.2) is 0 Å². The lowest BCUT2D eigenvalue weighted by Crippen LogP contribution is -2.26. The number of amides is 2. The molecule has 2 aromatic carbocycles. The third kappa shape index (κ3) is 5.47. The van der Waals surface area contributed by atoms with Crippen LogP contribution in [0.5, 0.6) is 5.75 Å². The lowest BCUT2D eigenvalue weighted by molar-refractivity contribution is -0.122. The number of aryl methyl sites for hydroxylation is 1. The van der Waals surface area contributed by atoms with Crippen LogP contribution in [0.4, 0.5) is 5.69 Å². The summed E-state index contributed by atoms with van der Waals surface area (Å²) < 4.78 is 5.74. The molecule has 142 valence electrons. The third-order valence-corrected chi connectivity index (χ3v) is 4.79. The van der Waals surface area contributed by atoms with E-state index in [-0.39, 0.29) is 17.9 Å². The molecule has 1 atom stereocenters. The van der Waals surface area contributed by atoms with E-state index in [2.05, 4.69) is 10.6 Å². The van der Waals surface area contributed by atoms with Crippen LogP contribution in [0, 0.1) is 0 Å². The summed E-state index contributed by atoms with van der Waals surface area (Å²) in [4.78, 5) is 23.5. The molecule has 0 aromatic heterocycles. The first-order valence-corrected chi connectivity index (χ1v) is 9.49. The molecule has 0 aliphatic carbocycles. The van der Waals surface area contributed by atoms with Crippen molar-refractivity contribution < 1.29 is 14.3 Å². The van der Waals surface area contributed by atoms with E-state index in [1.807, 2.05) is 49.4 Å². The van der Waals surface area contributed by atoms with Crippen LogP contribution in [-0.2, 0) is 16.0 Å². The Bertz CT molecular complexity index is 821. The van der Waals surface area contributed by atoms with Crippen molar-refractivity contribution in [3.8, 4) is 5.75 Å². The molecule has 27 heavy (non-hydrogen) atoms. The molecule has 1 heterocycles. The van der Waals surface area contributed by atoms with Crippen molar-refractivity contribution >= 4 is 29.1 Å². The predicted octanol–water partition coefficient (Wildman–Crippen LogP) is 4.26. The molecule has 2 aromatic rings. The van der Waals surface area contributed by atoms with Gasteiger partial charge in [-0.2, -0.15) is 0 Å². The summed E-state index contributed by atoms with van der Waals surface area (Å²) in [6.07, 6.45) is 2.26. The van der Waals surface area contributed by atoms with Crippen molar-refractivity contribution in [2.24, 2.45) is 0 Å². The molecule has 1 unspecified atom stereocenters. The maximum Gasteiger partial charge on any atom is 0.224 e. The first kappa shape index (κ1) is 19.2. The molecule has 3 rings (SSSR count). The first-order valence-electron chi connectivity index (χ1n) is 9.11. The Labute approximate surface area is 164 Å². The summed E-state index contributed by atoms with van der Waals surface area (Å²) in [6.45, 7) is 2.41. The molecule has 0 saturated carbocycles. The molecule has 0 bridgehead atoms. The second kappa shape index (κ2) is 8.91. The lowest BCUT2D eigenvalue weighted by atomic mass is 10.0. The van der Waals surface area contributed by atoms with Crippen LogP contribution in [0.25, 0.3) is 0 Å². The Hall–Kier alpha value is -2.53. The second-order valence-corrected chi connectivity index (χ2v) is 7.10. The van der Waals surface area contributed by atoms with Gasteiger partial charge in [-0.3, -0.25) is 9.59 Å². The minimum Gasteiger partial charge on any atom is -0.494 e. The van der Waals surface area contributed by atoms with Crippen molar-refractivity contribution in [1.82, 2.24) is 5.32 Å². The zero-order valence-electron chi connectivity index (χ0n) is 15.3. The number of ether oxygens (including phenoxy) is 1. The summed E-state index contributed by atoms with van der Waals surface area (Å²) in [5.74, 6) is 0.809. The van der Waals surface area contributed by atoms with Gasteiger partial charge in [0.25, 0.3) is 0 Å². The highest BCUT2D eigenvalue weighted by Gasteiger charge is 2.15. The molecule has 1 aliphatic heterocycles. The number of nitrogens with one attached hydrogen (secondary N) is 2. The number of benzene rings is 2. The Balaban J connectivity index is 1.40. The highest BCUT2D eigenvalue weighted by atomic mass is 35.5. The van der Waals surface area contributed by atoms with E-state index >= 15 is 0 Å². The fourth-order valence-electron chi connectivity index (χ4n) is 3.02. The van der Waals surface area contributed by atoms with Crippen LogP contribution in [-0.4, -0.2) is 18.4 Å². The van der Waals surface area contributed by atoms with Crippen molar-refractivity contribution in [1.29, 1.82) is 0 Å². The molecule has 6 heteroatoms. The summed E-state index contributed by atoms with van der Waals surface area (Å²) in [5.41, 5.74) is 2.96. The van der Waals surface area contributed by atoms with Gasteiger partial charge >= 0.3 is 0 Å². The van der Waals surface area contributed by atoms with Gasteiger partial charge in [-0.05, 0) is 61.2 Å². The van der Waals surface area contributed by atoms with E-state index in [0.717, 1.165) is 29.0 Å². The van der Waals surface area contributed by atoms with Gasteiger partial charge < -0.3 is 15.4 Å². The lowest BCUT2D eigenvalue weighted by Gasteiger charge is -2.18. The van der Waals surface area contributed by atoms with Gasteiger partial charge in [0.2, 0.25) is 11.8 Å². The predicted molar refractivity (Wildman–Crippen MR) is 106 cm³/mol. The van der Waals surface area contributed by atoms with Gasteiger partial charge in [0.05, 0.1) is 12.6 Å². The normalized spacial score (nSPS) is 14.1. The van der Waals surface area contributed by atoms with Gasteiger partial charge in [-0.1, -0.05) is 23.7 Å². The monoisotopic (exact) mass is 386 g/mol. The smallest absolute Gasteiger partial charge is 0.224 e. The standard InChI is InChI=1S/C21H23ClN2O3/c1-14(15-4-7-17(22)8-5-15)23-20(25)3-2-12-27-18-9-10-19-16(13-18)6-11-21(26)24-19/h4-5,7-10,13-14H,2-3,6,11-12H2,1H3,(H,23,25)(H,24,26). The van der Waals surface area contributed by atoms with E-state index in [1.165, 1.54) is 0 Å². The number of hydrogen-bond donors (Lipinski definition) is 2. The first-order chi connectivity index (χ1) is 13.0. The van der Waals surface area contributed by atoms with Crippen LogP contribution in [0.3, 0.4) is 0 Å². The van der Waals surface area contributed by atoms with Crippen LogP contribution < -0.4 is 15.4 Å². The highest BCUT2D eigenvalue weighted by molar-refractivity contribution is 6.30. The van der Waals surface area contributed by atoms with Crippen molar-refractivity contribution in [2.45, 2.75) is 38.6 Å². The second-order valence-electron chi connectivity index (χ2n) is 6.66. The van der Waals surface area contributed by atoms with Gasteiger partial charge in [0, 0.05) is 23.6 Å². The number of anilines is 1. The summed E-state index contributed by atoms with van der Waals surface area (Å²) in [5, 5.41) is 6.51. The quantitative estimate of drug-likeness (QED) is 0.698. The molecular weight excluding hydrogens is 364 g/mol. The molecule has 0 saturated heterocycles. The van der Waals surface area contributed by atoms with Crippen molar-refractivity contribution in [3.63, 3.8) is 0 Å². The average Bonchev–Trinajstić information content (AvgIpc) is 2.65. The Morgan fingerprint density at radius 1 is 1.22 bits per heavy atom. The minimum atomic E-state index is -0.0634. The number of rotatable bonds is 7. The van der Waals surface area contributed by atoms with Crippen LogP contribution in [0.15, 0.2) is 42.5 Å². The van der Waals surface area contributed by atoms with Crippen molar-refractivity contribution in [3.05, 3.63) is 58.6 Å². The summed E-state index contributed by atoms with van der Waals surface area (Å²) in [7, 11) is 0. The summed E-state index contributed by atoms with van der Waals surface area (Å²) >= 11 is 5.88. The molecule has 2 amide bonds. The SMILES string of the molecule is CC(NC(=O)CCCOc1ccc2c(c1)CCC(=O)N2)c1ccc(Cl)cc1. The van der Waals surface area contributed by atoms with E-state index in [1.54, 1.807) is 0 Å². The molecule has 0 spiro atoms. The van der Waals surface area contributed by atoms with Gasteiger partial charge in [-0.15, -0.1) is 0 Å². The van der Waals surface area contributed by atoms with E-state index in [4.69, 9.17) is 16.3 Å². The van der Waals surface area contributed by atoms with E-state index < -0.39 is 0 Å². The molecule has 5 nitrogen and oxygen atoms in total. The fraction of sp³-hybridized carbons (Fsp3) is 0.333. The number of halogens is 1. The number of hydrogen-bond acceptors (Lipinski definition) is 3. The van der Waals surface area contributed by atoms with E-state index in [0.29, 0.717) is 30.9 Å². The molecule has 1 aliphatic rings. The van der Waals surface area contributed by atoms with E-state index in [9.17, 15) is 9.59 Å². The highest BCUT2D eigenvalue weighted by Crippen LogP contribution is 2.26. The van der Waals surface area contributed by atoms with Crippen LogP contribution in [0.2, 0.25) is 5.02 Å². The number of carbonyl (C=O) groups is 2. The minimum absolute atomic E-state index is 0.00537. The van der Waals surface area contributed by atoms with Crippen molar-refractivity contribution in [2.75, 3.05) is 11.9 Å². The topological polar surface area (TPSA) is 67.4 Å². The molecular formula is C21H23ClN2O3. The Morgan fingerprint density at radius 3 is 2.78 bits per heavy atom. The molecule has 0 fully saturated rings. The van der Waals surface area contributed by atoms with Crippen LogP contribution >= 0.6 is 11.6 Å². The maximum atomic E-state index is 12.1. The largest absolute Gasteiger partial charge is 0.494 e. The average molecular weight is 387 g/mol. The Kier molecular flexibility index (Phi) is 6.35. The fourth-order valence-corrected chi connectivity index (χ4v) is 3.15. The van der Waals surface area contributed by atoms with Crippen LogP contribution in [0.1, 0.15) is 43.4 Å². The zero-order chi connectivity index (χ0) is 19.2. The molecule has 2 N–H and O–H groups in total. The maximum absolute atomic E-state index is 12.1. The Morgan fingerprint density at radius 2 is 2.00 bits per heavy atom. The number of carbonyl (C=O) groups excluding carboxylic acids is 2. The molecule has 0 radical (unpaired) electrons.